The molecule has 1 aromatic heterocycles. The van der Waals surface area contributed by atoms with Crippen molar-refractivity contribution in [2.24, 2.45) is 0 Å². The van der Waals surface area contributed by atoms with Gasteiger partial charge in [-0.1, -0.05) is 42.5 Å². The van der Waals surface area contributed by atoms with Crippen molar-refractivity contribution in [1.82, 2.24) is 4.98 Å². The molecule has 0 bridgehead atoms. The first-order valence-corrected chi connectivity index (χ1v) is 11.2. The van der Waals surface area contributed by atoms with Crippen LogP contribution in [-0.4, -0.2) is 19.3 Å². The van der Waals surface area contributed by atoms with Crippen LogP contribution in [0, 0.1) is 13.8 Å². The largest absolute Gasteiger partial charge is 0.322 e. The molecule has 0 radical (unpaired) electrons. The maximum Gasteiger partial charge on any atom is 0.262 e. The van der Waals surface area contributed by atoms with Gasteiger partial charge in [0.2, 0.25) is 0 Å². The monoisotopic (exact) mass is 431 g/mol. The number of anilines is 2. The van der Waals surface area contributed by atoms with E-state index in [0.29, 0.717) is 16.9 Å². The fraction of sp³-hybridized carbons (Fsp3) is 0.0833. The molecule has 3 aromatic carbocycles. The van der Waals surface area contributed by atoms with Crippen LogP contribution in [0.1, 0.15) is 21.5 Å². The standard InChI is InChI=1S/C24H21N3O3S/c1-16-7-3-5-9-21(16)26-24(28)19-12-11-17(2)23(14-19)31(29,30)27-20-13-18-8-4-6-10-22(18)25-15-20/h3-15,27H,1-2H3,(H,26,28). The van der Waals surface area contributed by atoms with Crippen LogP contribution in [0.4, 0.5) is 11.4 Å². The van der Waals surface area contributed by atoms with Crippen molar-refractivity contribution in [3.63, 3.8) is 0 Å². The molecule has 0 saturated carbocycles. The fourth-order valence-electron chi connectivity index (χ4n) is 3.28. The number of hydrogen-bond donors (Lipinski definition) is 2. The second-order valence-electron chi connectivity index (χ2n) is 7.27. The molecule has 1 heterocycles. The topological polar surface area (TPSA) is 88.2 Å². The second kappa shape index (κ2) is 8.20. The number of fused-ring (bicyclic) bond motifs is 1. The molecule has 1 amide bonds. The summed E-state index contributed by atoms with van der Waals surface area (Å²) < 4.78 is 28.7. The van der Waals surface area contributed by atoms with Gasteiger partial charge < -0.3 is 5.32 Å². The number of benzene rings is 3. The van der Waals surface area contributed by atoms with E-state index in [2.05, 4.69) is 15.0 Å². The highest BCUT2D eigenvalue weighted by molar-refractivity contribution is 7.92. The molecule has 4 rings (SSSR count). The third-order valence-electron chi connectivity index (χ3n) is 4.98. The SMILES string of the molecule is Cc1ccccc1NC(=O)c1ccc(C)c(S(=O)(=O)Nc2cnc3ccccc3c2)c1. The van der Waals surface area contributed by atoms with Gasteiger partial charge in [0.25, 0.3) is 15.9 Å². The van der Waals surface area contributed by atoms with Gasteiger partial charge in [-0.25, -0.2) is 8.42 Å². The highest BCUT2D eigenvalue weighted by atomic mass is 32.2. The van der Waals surface area contributed by atoms with Gasteiger partial charge in [0.15, 0.2) is 0 Å². The quantitative estimate of drug-likeness (QED) is 0.470. The molecule has 4 aromatic rings. The maximum atomic E-state index is 13.1. The Balaban J connectivity index is 1.63. The van der Waals surface area contributed by atoms with Gasteiger partial charge >= 0.3 is 0 Å². The Bertz CT molecular complexity index is 1400. The van der Waals surface area contributed by atoms with Crippen LogP contribution in [0.5, 0.6) is 0 Å². The molecule has 0 unspecified atom stereocenters. The van der Waals surface area contributed by atoms with Crippen LogP contribution in [0.15, 0.2) is 83.9 Å². The van der Waals surface area contributed by atoms with Crippen molar-refractivity contribution in [3.05, 3.63) is 95.7 Å². The summed E-state index contributed by atoms with van der Waals surface area (Å²) in [4.78, 5) is 17.1. The summed E-state index contributed by atoms with van der Waals surface area (Å²) in [6, 6.07) is 21.2. The van der Waals surface area contributed by atoms with Crippen LogP contribution < -0.4 is 10.0 Å². The predicted molar refractivity (Wildman–Crippen MR) is 123 cm³/mol. The number of rotatable bonds is 5. The lowest BCUT2D eigenvalue weighted by Crippen LogP contribution is -2.17. The summed E-state index contributed by atoms with van der Waals surface area (Å²) in [7, 11) is -3.92. The van der Waals surface area contributed by atoms with E-state index in [0.717, 1.165) is 16.5 Å². The smallest absolute Gasteiger partial charge is 0.262 e. The fourth-order valence-corrected chi connectivity index (χ4v) is 4.58. The number of amides is 1. The predicted octanol–water partition coefficient (Wildman–Crippen LogP) is 4.90. The van der Waals surface area contributed by atoms with Crippen molar-refractivity contribution in [1.29, 1.82) is 0 Å². The summed E-state index contributed by atoms with van der Waals surface area (Å²) >= 11 is 0. The van der Waals surface area contributed by atoms with Gasteiger partial charge in [-0.3, -0.25) is 14.5 Å². The van der Waals surface area contributed by atoms with Crippen LogP contribution in [0.3, 0.4) is 0 Å². The van der Waals surface area contributed by atoms with Crippen molar-refractivity contribution < 1.29 is 13.2 Å². The Morgan fingerprint density at radius 2 is 1.61 bits per heavy atom. The molecule has 0 saturated heterocycles. The van der Waals surface area contributed by atoms with Crippen LogP contribution in [-0.2, 0) is 10.0 Å². The van der Waals surface area contributed by atoms with Gasteiger partial charge in [-0.05, 0) is 55.3 Å². The lowest BCUT2D eigenvalue weighted by atomic mass is 10.1. The van der Waals surface area contributed by atoms with Gasteiger partial charge in [0.1, 0.15) is 0 Å². The third-order valence-corrected chi connectivity index (χ3v) is 6.50. The molecule has 31 heavy (non-hydrogen) atoms. The summed E-state index contributed by atoms with van der Waals surface area (Å²) in [5, 5.41) is 3.66. The first-order chi connectivity index (χ1) is 14.8. The molecule has 0 aliphatic heterocycles. The van der Waals surface area contributed by atoms with E-state index in [-0.39, 0.29) is 16.4 Å². The molecule has 2 N–H and O–H groups in total. The van der Waals surface area contributed by atoms with E-state index in [1.54, 1.807) is 31.2 Å². The molecule has 7 heteroatoms. The Kier molecular flexibility index (Phi) is 5.44. The zero-order valence-electron chi connectivity index (χ0n) is 17.1. The van der Waals surface area contributed by atoms with Gasteiger partial charge in [-0.2, -0.15) is 0 Å². The summed E-state index contributed by atoms with van der Waals surface area (Å²) in [6.07, 6.45) is 1.48. The number of carbonyl (C=O) groups is 1. The zero-order chi connectivity index (χ0) is 22.0. The lowest BCUT2D eigenvalue weighted by Gasteiger charge is -2.13. The van der Waals surface area contributed by atoms with E-state index >= 15 is 0 Å². The van der Waals surface area contributed by atoms with E-state index in [1.807, 2.05) is 49.4 Å². The molecule has 0 spiro atoms. The number of aryl methyl sites for hydroxylation is 2. The molecule has 0 fully saturated rings. The number of carbonyl (C=O) groups excluding carboxylic acids is 1. The van der Waals surface area contributed by atoms with E-state index in [9.17, 15) is 13.2 Å². The number of hydrogen-bond acceptors (Lipinski definition) is 4. The summed E-state index contributed by atoms with van der Waals surface area (Å²) in [6.45, 7) is 3.58. The molecular weight excluding hydrogens is 410 g/mol. The van der Waals surface area contributed by atoms with Crippen LogP contribution in [0.25, 0.3) is 10.9 Å². The average molecular weight is 432 g/mol. The minimum Gasteiger partial charge on any atom is -0.322 e. The summed E-state index contributed by atoms with van der Waals surface area (Å²) in [5.74, 6) is -0.377. The first kappa shape index (κ1) is 20.6. The van der Waals surface area contributed by atoms with Crippen molar-refractivity contribution >= 4 is 38.2 Å². The Morgan fingerprint density at radius 1 is 0.871 bits per heavy atom. The second-order valence-corrected chi connectivity index (χ2v) is 8.92. The molecule has 0 aliphatic rings. The summed E-state index contributed by atoms with van der Waals surface area (Å²) in [5.41, 5.74) is 3.52. The third kappa shape index (κ3) is 4.41. The Hall–Kier alpha value is -3.71. The number of para-hydroxylation sites is 2. The van der Waals surface area contributed by atoms with E-state index in [4.69, 9.17) is 0 Å². The number of sulfonamides is 1. The van der Waals surface area contributed by atoms with Crippen molar-refractivity contribution in [2.45, 2.75) is 18.7 Å². The molecule has 0 atom stereocenters. The number of aromatic nitrogens is 1. The van der Waals surface area contributed by atoms with E-state index < -0.39 is 10.0 Å². The van der Waals surface area contributed by atoms with Gasteiger partial charge in [-0.15, -0.1) is 0 Å². The first-order valence-electron chi connectivity index (χ1n) is 9.69. The average Bonchev–Trinajstić information content (AvgIpc) is 2.75. The number of nitrogens with one attached hydrogen (secondary N) is 2. The highest BCUT2D eigenvalue weighted by Gasteiger charge is 2.20. The number of nitrogens with zero attached hydrogens (tertiary/aromatic N) is 1. The lowest BCUT2D eigenvalue weighted by molar-refractivity contribution is 0.102. The van der Waals surface area contributed by atoms with Crippen molar-refractivity contribution in [2.75, 3.05) is 10.0 Å². The van der Waals surface area contributed by atoms with Crippen molar-refractivity contribution in [3.8, 4) is 0 Å². The zero-order valence-corrected chi connectivity index (χ0v) is 17.9. The molecule has 0 aliphatic carbocycles. The highest BCUT2D eigenvalue weighted by Crippen LogP contribution is 2.23. The van der Waals surface area contributed by atoms with Crippen LogP contribution in [0.2, 0.25) is 0 Å². The normalized spacial score (nSPS) is 11.3. The molecule has 6 nitrogen and oxygen atoms in total. The molecular formula is C24H21N3O3S. The minimum absolute atomic E-state index is 0.0399. The van der Waals surface area contributed by atoms with Gasteiger partial charge in [0, 0.05) is 16.6 Å². The molecule has 156 valence electrons. The maximum absolute atomic E-state index is 13.1. The van der Waals surface area contributed by atoms with Crippen LogP contribution >= 0.6 is 0 Å². The Morgan fingerprint density at radius 3 is 2.42 bits per heavy atom. The Labute approximate surface area is 181 Å². The van der Waals surface area contributed by atoms with Gasteiger partial charge in [0.05, 0.1) is 22.3 Å². The van der Waals surface area contributed by atoms with E-state index in [1.165, 1.54) is 12.3 Å². The minimum atomic E-state index is -3.92. The number of pyridine rings is 1.